The number of pyridine rings is 2. The van der Waals surface area contributed by atoms with Crippen LogP contribution in [0.5, 0.6) is 0 Å². The van der Waals surface area contributed by atoms with Crippen molar-refractivity contribution in [2.24, 2.45) is 0 Å². The summed E-state index contributed by atoms with van der Waals surface area (Å²) in [6.45, 7) is 2.00. The van der Waals surface area contributed by atoms with E-state index in [1.54, 1.807) is 24.2 Å². The van der Waals surface area contributed by atoms with Gasteiger partial charge in [0, 0.05) is 17.3 Å². The average Bonchev–Trinajstić information content (AvgIpc) is 2.27. The largest absolute Gasteiger partial charge is 0.248 e. The highest BCUT2D eigenvalue weighted by atomic mass is 79.9. The molecule has 0 saturated heterocycles. The normalized spacial score (nSPS) is 10.4. The van der Waals surface area contributed by atoms with Crippen LogP contribution in [0.15, 0.2) is 45.0 Å². The van der Waals surface area contributed by atoms with Crippen molar-refractivity contribution < 1.29 is 0 Å². The van der Waals surface area contributed by atoms with Gasteiger partial charge in [-0.05, 0) is 46.6 Å². The van der Waals surface area contributed by atoms with Crippen LogP contribution in [-0.4, -0.2) is 9.97 Å². The summed E-state index contributed by atoms with van der Waals surface area (Å²) in [5, 5.41) is 1.42. The Morgan fingerprint density at radius 2 is 2.19 bits per heavy atom. The van der Waals surface area contributed by atoms with E-state index in [0.717, 1.165) is 20.0 Å². The predicted octanol–water partition coefficient (Wildman–Crippen LogP) is 4.35. The van der Waals surface area contributed by atoms with E-state index in [9.17, 15) is 0 Å². The van der Waals surface area contributed by atoms with Crippen LogP contribution in [-0.2, 0) is 0 Å². The molecule has 0 amide bonds. The highest BCUT2D eigenvalue weighted by molar-refractivity contribution is 9.10. The molecule has 0 aliphatic heterocycles. The molecule has 2 aromatic rings. The quantitative estimate of drug-likeness (QED) is 0.770. The number of hydrogen-bond acceptors (Lipinski definition) is 3. The van der Waals surface area contributed by atoms with Crippen molar-refractivity contribution in [2.75, 3.05) is 0 Å². The lowest BCUT2D eigenvalue weighted by Gasteiger charge is -2.05. The lowest BCUT2D eigenvalue weighted by atomic mass is 10.3. The van der Waals surface area contributed by atoms with E-state index in [1.165, 1.54) is 0 Å². The molecule has 0 radical (unpaired) electrons. The SMILES string of the molecule is Cc1cnc(Cl)cc1Sc1ncccc1Br. The molecule has 0 fully saturated rings. The molecular weight excluding hydrogens is 308 g/mol. The first-order valence-corrected chi connectivity index (χ1v) is 6.56. The average molecular weight is 316 g/mol. The minimum atomic E-state index is 0.500. The molecule has 0 spiro atoms. The Balaban J connectivity index is 2.34. The van der Waals surface area contributed by atoms with Gasteiger partial charge in [0.2, 0.25) is 0 Å². The molecule has 0 unspecified atom stereocenters. The fourth-order valence-corrected chi connectivity index (χ4v) is 2.73. The van der Waals surface area contributed by atoms with E-state index in [1.807, 2.05) is 25.1 Å². The van der Waals surface area contributed by atoms with Gasteiger partial charge in [0.1, 0.15) is 10.2 Å². The molecule has 0 N–H and O–H groups in total. The standard InChI is InChI=1S/C11H8BrClN2S/c1-7-6-15-10(13)5-9(7)16-11-8(12)3-2-4-14-11/h2-6H,1H3. The van der Waals surface area contributed by atoms with Crippen LogP contribution in [0.25, 0.3) is 0 Å². The number of nitrogens with zero attached hydrogens (tertiary/aromatic N) is 2. The Hall–Kier alpha value is -0.580. The molecule has 5 heteroatoms. The molecule has 0 aromatic carbocycles. The van der Waals surface area contributed by atoms with E-state index >= 15 is 0 Å². The van der Waals surface area contributed by atoms with Crippen LogP contribution >= 0.6 is 39.3 Å². The summed E-state index contributed by atoms with van der Waals surface area (Å²) in [5.41, 5.74) is 1.09. The number of halogens is 2. The molecule has 0 aliphatic rings. The Kier molecular flexibility index (Phi) is 3.84. The Bertz CT molecular complexity index is 519. The summed E-state index contributed by atoms with van der Waals surface area (Å²) < 4.78 is 0.979. The smallest absolute Gasteiger partial charge is 0.130 e. The van der Waals surface area contributed by atoms with Crippen molar-refractivity contribution in [1.29, 1.82) is 0 Å². The molecular formula is C11H8BrClN2S. The molecule has 16 heavy (non-hydrogen) atoms. The zero-order chi connectivity index (χ0) is 11.5. The maximum absolute atomic E-state index is 5.87. The zero-order valence-corrected chi connectivity index (χ0v) is 11.6. The summed E-state index contributed by atoms with van der Waals surface area (Å²) in [5.74, 6) is 0. The van der Waals surface area contributed by atoms with E-state index in [4.69, 9.17) is 11.6 Å². The van der Waals surface area contributed by atoms with Crippen molar-refractivity contribution in [1.82, 2.24) is 9.97 Å². The molecule has 0 aliphatic carbocycles. The number of rotatable bonds is 2. The van der Waals surface area contributed by atoms with Gasteiger partial charge in [-0.1, -0.05) is 23.4 Å². The molecule has 2 aromatic heterocycles. The fraction of sp³-hybridized carbons (Fsp3) is 0.0909. The van der Waals surface area contributed by atoms with Crippen LogP contribution in [0.2, 0.25) is 5.15 Å². The number of hydrogen-bond donors (Lipinski definition) is 0. The third-order valence-electron chi connectivity index (χ3n) is 1.95. The second-order valence-corrected chi connectivity index (χ2v) is 5.44. The van der Waals surface area contributed by atoms with Gasteiger partial charge < -0.3 is 0 Å². The van der Waals surface area contributed by atoms with Gasteiger partial charge in [-0.3, -0.25) is 0 Å². The van der Waals surface area contributed by atoms with Gasteiger partial charge in [0.05, 0.1) is 4.47 Å². The van der Waals surface area contributed by atoms with Gasteiger partial charge in [0.25, 0.3) is 0 Å². The first-order valence-electron chi connectivity index (χ1n) is 4.57. The monoisotopic (exact) mass is 314 g/mol. The molecule has 82 valence electrons. The van der Waals surface area contributed by atoms with Crippen LogP contribution in [0.3, 0.4) is 0 Å². The summed E-state index contributed by atoms with van der Waals surface area (Å²) in [6, 6.07) is 5.71. The van der Waals surface area contributed by atoms with Gasteiger partial charge in [-0.25, -0.2) is 9.97 Å². The summed E-state index contributed by atoms with van der Waals surface area (Å²) in [4.78, 5) is 9.39. The van der Waals surface area contributed by atoms with E-state index in [0.29, 0.717) is 5.15 Å². The van der Waals surface area contributed by atoms with Gasteiger partial charge >= 0.3 is 0 Å². The highest BCUT2D eigenvalue weighted by Crippen LogP contribution is 2.33. The fourth-order valence-electron chi connectivity index (χ4n) is 1.14. The molecule has 2 rings (SSSR count). The predicted molar refractivity (Wildman–Crippen MR) is 70.0 cm³/mol. The lowest BCUT2D eigenvalue weighted by Crippen LogP contribution is -1.86. The Morgan fingerprint density at radius 3 is 2.94 bits per heavy atom. The van der Waals surface area contributed by atoms with Gasteiger partial charge in [-0.2, -0.15) is 0 Å². The van der Waals surface area contributed by atoms with Crippen LogP contribution < -0.4 is 0 Å². The summed E-state index contributed by atoms with van der Waals surface area (Å²) in [7, 11) is 0. The summed E-state index contributed by atoms with van der Waals surface area (Å²) in [6.07, 6.45) is 3.53. The van der Waals surface area contributed by atoms with Gasteiger partial charge in [-0.15, -0.1) is 0 Å². The number of aromatic nitrogens is 2. The zero-order valence-electron chi connectivity index (χ0n) is 8.45. The lowest BCUT2D eigenvalue weighted by molar-refractivity contribution is 1.10. The van der Waals surface area contributed by atoms with Crippen LogP contribution in [0.1, 0.15) is 5.56 Å². The molecule has 2 nitrogen and oxygen atoms in total. The maximum atomic E-state index is 5.87. The van der Waals surface area contributed by atoms with E-state index in [2.05, 4.69) is 25.9 Å². The van der Waals surface area contributed by atoms with E-state index in [-0.39, 0.29) is 0 Å². The number of aryl methyl sites for hydroxylation is 1. The third-order valence-corrected chi connectivity index (χ3v) is 4.24. The van der Waals surface area contributed by atoms with Crippen molar-refractivity contribution in [3.05, 3.63) is 45.8 Å². The van der Waals surface area contributed by atoms with Crippen molar-refractivity contribution in [2.45, 2.75) is 16.8 Å². The van der Waals surface area contributed by atoms with Gasteiger partial charge in [0.15, 0.2) is 0 Å². The third kappa shape index (κ3) is 2.75. The van der Waals surface area contributed by atoms with Crippen molar-refractivity contribution >= 4 is 39.3 Å². The van der Waals surface area contributed by atoms with E-state index < -0.39 is 0 Å². The molecule has 0 atom stereocenters. The second-order valence-electron chi connectivity index (χ2n) is 3.16. The first-order chi connectivity index (χ1) is 7.66. The van der Waals surface area contributed by atoms with Crippen LogP contribution in [0, 0.1) is 6.92 Å². The molecule has 0 saturated carbocycles. The Morgan fingerprint density at radius 1 is 1.38 bits per heavy atom. The van der Waals surface area contributed by atoms with Crippen molar-refractivity contribution in [3.8, 4) is 0 Å². The maximum Gasteiger partial charge on any atom is 0.130 e. The summed E-state index contributed by atoms with van der Waals surface area (Å²) >= 11 is 10.9. The van der Waals surface area contributed by atoms with Crippen molar-refractivity contribution in [3.63, 3.8) is 0 Å². The first kappa shape index (κ1) is 11.9. The minimum Gasteiger partial charge on any atom is -0.248 e. The topological polar surface area (TPSA) is 25.8 Å². The second kappa shape index (κ2) is 5.17. The molecule has 2 heterocycles. The Labute approximate surface area is 112 Å². The molecule has 0 bridgehead atoms. The highest BCUT2D eigenvalue weighted by Gasteiger charge is 2.06. The minimum absolute atomic E-state index is 0.500. The van der Waals surface area contributed by atoms with Crippen LogP contribution in [0.4, 0.5) is 0 Å².